The lowest BCUT2D eigenvalue weighted by Gasteiger charge is -2.17. The number of ether oxygens (including phenoxy) is 1. The molecule has 3 N–H and O–H groups in total. The van der Waals surface area contributed by atoms with Crippen LogP contribution in [0.25, 0.3) is 0 Å². The van der Waals surface area contributed by atoms with E-state index in [9.17, 15) is 4.79 Å². The molecular formula is C16H26N2O2. The summed E-state index contributed by atoms with van der Waals surface area (Å²) in [6, 6.07) is 7.47. The molecule has 20 heavy (non-hydrogen) atoms. The number of rotatable bonds is 8. The van der Waals surface area contributed by atoms with E-state index < -0.39 is 0 Å². The summed E-state index contributed by atoms with van der Waals surface area (Å²) in [4.78, 5) is 12.2. The van der Waals surface area contributed by atoms with E-state index in [2.05, 4.69) is 26.1 Å². The molecule has 1 rings (SSSR count). The third-order valence-corrected chi connectivity index (χ3v) is 2.99. The van der Waals surface area contributed by atoms with Gasteiger partial charge >= 0.3 is 0 Å². The number of carbonyl (C=O) groups excluding carboxylic acids is 1. The summed E-state index contributed by atoms with van der Waals surface area (Å²) in [6.45, 7) is 7.29. The second-order valence-electron chi connectivity index (χ2n) is 5.43. The van der Waals surface area contributed by atoms with Crippen molar-refractivity contribution in [2.75, 3.05) is 18.5 Å². The van der Waals surface area contributed by atoms with E-state index in [1.54, 1.807) is 0 Å². The van der Waals surface area contributed by atoms with E-state index >= 15 is 0 Å². The molecule has 0 heterocycles. The Labute approximate surface area is 121 Å². The van der Waals surface area contributed by atoms with Gasteiger partial charge in [0.15, 0.2) is 0 Å². The van der Waals surface area contributed by atoms with Crippen LogP contribution in [0.4, 0.5) is 5.69 Å². The molecule has 1 aromatic rings. The van der Waals surface area contributed by atoms with E-state index in [4.69, 9.17) is 10.5 Å². The zero-order valence-electron chi connectivity index (χ0n) is 12.7. The highest BCUT2D eigenvalue weighted by Crippen LogP contribution is 2.19. The van der Waals surface area contributed by atoms with Crippen LogP contribution in [0.5, 0.6) is 5.75 Å². The highest BCUT2D eigenvalue weighted by atomic mass is 16.5. The summed E-state index contributed by atoms with van der Waals surface area (Å²) in [5.74, 6) is 1.07. The van der Waals surface area contributed by atoms with Crippen molar-refractivity contribution < 1.29 is 9.53 Å². The minimum absolute atomic E-state index is 0.0196. The predicted molar refractivity (Wildman–Crippen MR) is 82.9 cm³/mol. The van der Waals surface area contributed by atoms with Gasteiger partial charge in [-0.2, -0.15) is 0 Å². The quantitative estimate of drug-likeness (QED) is 0.768. The maximum atomic E-state index is 12.2. The third-order valence-electron chi connectivity index (χ3n) is 2.99. The van der Waals surface area contributed by atoms with Crippen LogP contribution >= 0.6 is 0 Å². The summed E-state index contributed by atoms with van der Waals surface area (Å²) in [7, 11) is 0. The molecule has 112 valence electrons. The number of nitrogens with one attached hydrogen (secondary N) is 1. The first-order chi connectivity index (χ1) is 9.56. The Morgan fingerprint density at radius 2 is 2.15 bits per heavy atom. The first-order valence-corrected chi connectivity index (χ1v) is 7.30. The molecule has 0 aliphatic rings. The molecule has 0 saturated carbocycles. The molecule has 0 aliphatic carbocycles. The van der Waals surface area contributed by atoms with Crippen LogP contribution in [0.2, 0.25) is 0 Å². The third kappa shape index (κ3) is 5.61. The van der Waals surface area contributed by atoms with Crippen molar-refractivity contribution in [2.45, 2.75) is 33.6 Å². The summed E-state index contributed by atoms with van der Waals surface area (Å²) in [5.41, 5.74) is 6.44. The average molecular weight is 278 g/mol. The van der Waals surface area contributed by atoms with Gasteiger partial charge in [-0.15, -0.1) is 0 Å². The van der Waals surface area contributed by atoms with Crippen molar-refractivity contribution in [3.8, 4) is 5.75 Å². The molecule has 0 aliphatic heterocycles. The maximum Gasteiger partial charge on any atom is 0.228 e. The van der Waals surface area contributed by atoms with Crippen molar-refractivity contribution >= 4 is 11.6 Å². The van der Waals surface area contributed by atoms with Crippen LogP contribution in [0.3, 0.4) is 0 Å². The predicted octanol–water partition coefficient (Wildman–Crippen LogP) is 3.03. The number of hydrogen-bond acceptors (Lipinski definition) is 3. The Morgan fingerprint density at radius 1 is 1.40 bits per heavy atom. The van der Waals surface area contributed by atoms with Gasteiger partial charge in [-0.3, -0.25) is 4.79 Å². The standard InChI is InChI=1S/C16H26N2O2/c1-4-8-20-15-7-5-6-14(10-15)18-16(19)13(11-17)9-12(2)3/h5-7,10,12-13H,4,8-9,11,17H2,1-3H3,(H,18,19). The van der Waals surface area contributed by atoms with Gasteiger partial charge in [-0.05, 0) is 30.9 Å². The highest BCUT2D eigenvalue weighted by molar-refractivity contribution is 5.92. The van der Waals surface area contributed by atoms with Gasteiger partial charge in [-0.25, -0.2) is 0 Å². The highest BCUT2D eigenvalue weighted by Gasteiger charge is 2.18. The number of benzene rings is 1. The lowest BCUT2D eigenvalue weighted by Crippen LogP contribution is -2.30. The number of nitrogens with two attached hydrogens (primary N) is 1. The van der Waals surface area contributed by atoms with Crippen molar-refractivity contribution in [1.82, 2.24) is 0 Å². The lowest BCUT2D eigenvalue weighted by atomic mass is 9.96. The smallest absolute Gasteiger partial charge is 0.228 e. The average Bonchev–Trinajstić information content (AvgIpc) is 2.42. The second kappa shape index (κ2) is 8.59. The second-order valence-corrected chi connectivity index (χ2v) is 5.43. The first kappa shape index (κ1) is 16.5. The molecule has 1 unspecified atom stereocenters. The van der Waals surface area contributed by atoms with E-state index in [0.29, 0.717) is 19.1 Å². The summed E-state index contributed by atoms with van der Waals surface area (Å²) >= 11 is 0. The summed E-state index contributed by atoms with van der Waals surface area (Å²) < 4.78 is 5.55. The fourth-order valence-electron chi connectivity index (χ4n) is 2.01. The summed E-state index contributed by atoms with van der Waals surface area (Å²) in [6.07, 6.45) is 1.76. The molecule has 0 saturated heterocycles. The van der Waals surface area contributed by atoms with Crippen molar-refractivity contribution in [1.29, 1.82) is 0 Å². The molecule has 0 aromatic heterocycles. The molecule has 0 fully saturated rings. The van der Waals surface area contributed by atoms with Crippen LogP contribution in [-0.4, -0.2) is 19.1 Å². The Hall–Kier alpha value is -1.55. The molecule has 0 spiro atoms. The molecule has 4 heteroatoms. The van der Waals surface area contributed by atoms with Crippen molar-refractivity contribution in [2.24, 2.45) is 17.6 Å². The molecule has 0 bridgehead atoms. The van der Waals surface area contributed by atoms with Gasteiger partial charge in [0.1, 0.15) is 5.75 Å². The van der Waals surface area contributed by atoms with Crippen LogP contribution in [-0.2, 0) is 4.79 Å². The molecule has 1 aromatic carbocycles. The Kier molecular flexibility index (Phi) is 7.09. The van der Waals surface area contributed by atoms with Gasteiger partial charge in [-0.1, -0.05) is 26.8 Å². The first-order valence-electron chi connectivity index (χ1n) is 7.30. The van der Waals surface area contributed by atoms with Crippen LogP contribution in [0.15, 0.2) is 24.3 Å². The van der Waals surface area contributed by atoms with Gasteiger partial charge < -0.3 is 15.8 Å². The van der Waals surface area contributed by atoms with E-state index in [1.807, 2.05) is 24.3 Å². The van der Waals surface area contributed by atoms with Crippen LogP contribution in [0.1, 0.15) is 33.6 Å². The minimum atomic E-state index is -0.143. The van der Waals surface area contributed by atoms with E-state index in [-0.39, 0.29) is 11.8 Å². The van der Waals surface area contributed by atoms with E-state index in [0.717, 1.165) is 24.3 Å². The molecule has 0 radical (unpaired) electrons. The number of anilines is 1. The van der Waals surface area contributed by atoms with Crippen molar-refractivity contribution in [3.63, 3.8) is 0 Å². The Balaban J connectivity index is 2.64. The molecule has 1 amide bonds. The number of carbonyl (C=O) groups is 1. The zero-order chi connectivity index (χ0) is 15.0. The molecule has 4 nitrogen and oxygen atoms in total. The van der Waals surface area contributed by atoms with Crippen molar-refractivity contribution in [3.05, 3.63) is 24.3 Å². The zero-order valence-corrected chi connectivity index (χ0v) is 12.7. The largest absolute Gasteiger partial charge is 0.494 e. The number of amides is 1. The van der Waals surface area contributed by atoms with E-state index in [1.165, 1.54) is 0 Å². The van der Waals surface area contributed by atoms with Gasteiger partial charge in [0.2, 0.25) is 5.91 Å². The minimum Gasteiger partial charge on any atom is -0.494 e. The Bertz CT molecular complexity index is 419. The lowest BCUT2D eigenvalue weighted by molar-refractivity contribution is -0.120. The Morgan fingerprint density at radius 3 is 2.75 bits per heavy atom. The maximum absolute atomic E-state index is 12.2. The SMILES string of the molecule is CCCOc1cccc(NC(=O)C(CN)CC(C)C)c1. The van der Waals surface area contributed by atoms with Gasteiger partial charge in [0, 0.05) is 18.3 Å². The fourth-order valence-corrected chi connectivity index (χ4v) is 2.01. The van der Waals surface area contributed by atoms with Gasteiger partial charge in [0.25, 0.3) is 0 Å². The van der Waals surface area contributed by atoms with Crippen LogP contribution in [0, 0.1) is 11.8 Å². The molecule has 1 atom stereocenters. The fraction of sp³-hybridized carbons (Fsp3) is 0.562. The topological polar surface area (TPSA) is 64.3 Å². The number of hydrogen-bond donors (Lipinski definition) is 2. The normalized spacial score (nSPS) is 12.2. The summed E-state index contributed by atoms with van der Waals surface area (Å²) in [5, 5.41) is 2.92. The molecular weight excluding hydrogens is 252 g/mol. The van der Waals surface area contributed by atoms with Crippen LogP contribution < -0.4 is 15.8 Å². The monoisotopic (exact) mass is 278 g/mol. The van der Waals surface area contributed by atoms with Gasteiger partial charge in [0.05, 0.1) is 12.5 Å².